The van der Waals surface area contributed by atoms with Gasteiger partial charge in [-0.2, -0.15) is 0 Å². The molecule has 0 fully saturated rings. The molecule has 0 aliphatic heterocycles. The maximum Gasteiger partial charge on any atom is 0.331 e. The van der Waals surface area contributed by atoms with Gasteiger partial charge in [0.25, 0.3) is 0 Å². The van der Waals surface area contributed by atoms with Crippen LogP contribution in [0.2, 0.25) is 0 Å². The molecule has 0 saturated heterocycles. The molecule has 29 heavy (non-hydrogen) atoms. The summed E-state index contributed by atoms with van der Waals surface area (Å²) in [5.74, 6) is 1.72. The fourth-order valence-electron chi connectivity index (χ4n) is 2.60. The number of carbonyl (C=O) groups is 1. The second kappa shape index (κ2) is 9.59. The van der Waals surface area contributed by atoms with Crippen molar-refractivity contribution in [3.05, 3.63) is 72.3 Å². The summed E-state index contributed by atoms with van der Waals surface area (Å²) in [6.07, 6.45) is 4.65. The summed E-state index contributed by atoms with van der Waals surface area (Å²) in [5, 5.41) is 0. The Balaban J connectivity index is 1.57. The molecule has 0 N–H and O–H groups in total. The molecule has 3 rings (SSSR count). The number of carbonyl (C=O) groups excluding carboxylic acids is 1. The Morgan fingerprint density at radius 3 is 2.66 bits per heavy atom. The number of hydrogen-bond acceptors (Lipinski definition) is 6. The van der Waals surface area contributed by atoms with Crippen molar-refractivity contribution in [2.45, 2.75) is 26.6 Å². The Labute approximate surface area is 169 Å². The summed E-state index contributed by atoms with van der Waals surface area (Å²) in [5.41, 5.74) is 1.70. The molecule has 0 spiro atoms. The Hall–Kier alpha value is -3.54. The molecule has 0 atom stereocenters. The predicted octanol–water partition coefficient (Wildman–Crippen LogP) is 4.89. The van der Waals surface area contributed by atoms with Gasteiger partial charge in [-0.05, 0) is 37.6 Å². The highest BCUT2D eigenvalue weighted by Gasteiger charge is 2.09. The molecular formula is C23H23NO5. The number of hydrogen-bond donors (Lipinski definition) is 0. The first-order chi connectivity index (χ1) is 14.0. The molecule has 6 heteroatoms. The van der Waals surface area contributed by atoms with E-state index in [2.05, 4.69) is 4.98 Å². The first-order valence-corrected chi connectivity index (χ1v) is 9.25. The van der Waals surface area contributed by atoms with E-state index in [1.807, 2.05) is 56.3 Å². The lowest BCUT2D eigenvalue weighted by molar-refractivity contribution is -0.139. The van der Waals surface area contributed by atoms with Crippen LogP contribution in [0.4, 0.5) is 0 Å². The largest absolute Gasteiger partial charge is 0.493 e. The molecular weight excluding hydrogens is 370 g/mol. The van der Waals surface area contributed by atoms with Crippen molar-refractivity contribution < 1.29 is 23.4 Å². The normalized spacial score (nSPS) is 11.0. The third-order valence-corrected chi connectivity index (χ3v) is 3.91. The Morgan fingerprint density at radius 2 is 1.93 bits per heavy atom. The van der Waals surface area contributed by atoms with Crippen LogP contribution in [0.3, 0.4) is 0 Å². The summed E-state index contributed by atoms with van der Waals surface area (Å²) < 4.78 is 21.8. The number of aromatic nitrogens is 1. The maximum absolute atomic E-state index is 12.0. The van der Waals surface area contributed by atoms with Crippen LogP contribution in [0.25, 0.3) is 17.4 Å². The van der Waals surface area contributed by atoms with Crippen molar-refractivity contribution in [2.24, 2.45) is 0 Å². The molecule has 0 unspecified atom stereocenters. The number of methoxy groups -OCH3 is 1. The van der Waals surface area contributed by atoms with E-state index < -0.39 is 5.97 Å². The van der Waals surface area contributed by atoms with E-state index in [4.69, 9.17) is 18.6 Å². The number of esters is 1. The minimum Gasteiger partial charge on any atom is -0.493 e. The van der Waals surface area contributed by atoms with Gasteiger partial charge in [0.15, 0.2) is 23.9 Å². The number of ether oxygens (including phenoxy) is 3. The van der Waals surface area contributed by atoms with Crippen molar-refractivity contribution in [2.75, 3.05) is 7.11 Å². The first kappa shape index (κ1) is 20.2. The monoisotopic (exact) mass is 393 g/mol. The van der Waals surface area contributed by atoms with Gasteiger partial charge in [0, 0.05) is 11.6 Å². The second-order valence-electron chi connectivity index (χ2n) is 6.50. The summed E-state index contributed by atoms with van der Waals surface area (Å²) >= 11 is 0. The van der Waals surface area contributed by atoms with Crippen LogP contribution in [0.5, 0.6) is 11.5 Å². The minimum atomic E-state index is -0.495. The fourth-order valence-corrected chi connectivity index (χ4v) is 2.60. The lowest BCUT2D eigenvalue weighted by atomic mass is 10.2. The molecule has 6 nitrogen and oxygen atoms in total. The Kier molecular flexibility index (Phi) is 6.68. The van der Waals surface area contributed by atoms with Gasteiger partial charge in [-0.15, -0.1) is 0 Å². The highest BCUT2D eigenvalue weighted by atomic mass is 16.5. The van der Waals surface area contributed by atoms with Gasteiger partial charge in [-0.25, -0.2) is 9.78 Å². The lowest BCUT2D eigenvalue weighted by Gasteiger charge is -2.13. The molecule has 3 aromatic rings. The molecule has 0 radical (unpaired) electrons. The fraction of sp³-hybridized carbons (Fsp3) is 0.217. The zero-order valence-electron chi connectivity index (χ0n) is 16.6. The van der Waals surface area contributed by atoms with Crippen LogP contribution in [0.1, 0.15) is 25.3 Å². The Morgan fingerprint density at radius 1 is 1.14 bits per heavy atom. The number of oxazole rings is 1. The smallest absolute Gasteiger partial charge is 0.331 e. The third-order valence-electron chi connectivity index (χ3n) is 3.91. The molecule has 0 aliphatic carbocycles. The summed E-state index contributed by atoms with van der Waals surface area (Å²) in [6.45, 7) is 3.85. The van der Waals surface area contributed by atoms with Gasteiger partial charge >= 0.3 is 5.97 Å². The van der Waals surface area contributed by atoms with Crippen LogP contribution in [0.15, 0.2) is 65.2 Å². The standard InChI is InChI=1S/C23H23NO5/c1-16(2)28-19-11-9-17(13-20(19)26-3)10-12-23(25)27-15-22-24-14-21(29-22)18-7-5-4-6-8-18/h4-14,16H,15H2,1-3H3/b12-10+. The van der Waals surface area contributed by atoms with E-state index in [1.54, 1.807) is 25.4 Å². The number of nitrogens with zero attached hydrogens (tertiary/aromatic N) is 1. The second-order valence-corrected chi connectivity index (χ2v) is 6.50. The van der Waals surface area contributed by atoms with Crippen molar-refractivity contribution in [1.82, 2.24) is 4.98 Å². The maximum atomic E-state index is 12.0. The highest BCUT2D eigenvalue weighted by Crippen LogP contribution is 2.29. The Bertz CT molecular complexity index is 976. The molecule has 2 aromatic carbocycles. The van der Waals surface area contributed by atoms with Crippen molar-refractivity contribution in [3.8, 4) is 22.8 Å². The van der Waals surface area contributed by atoms with E-state index >= 15 is 0 Å². The average molecular weight is 393 g/mol. The van der Waals surface area contributed by atoms with Gasteiger partial charge in [-0.3, -0.25) is 0 Å². The average Bonchev–Trinajstić information content (AvgIpc) is 3.21. The molecule has 0 amide bonds. The van der Waals surface area contributed by atoms with Gasteiger partial charge < -0.3 is 18.6 Å². The van der Waals surface area contributed by atoms with Crippen molar-refractivity contribution in [3.63, 3.8) is 0 Å². The summed E-state index contributed by atoms with van der Waals surface area (Å²) in [7, 11) is 1.57. The number of rotatable bonds is 8. The molecule has 0 saturated carbocycles. The van der Waals surface area contributed by atoms with Crippen molar-refractivity contribution >= 4 is 12.0 Å². The highest BCUT2D eigenvalue weighted by molar-refractivity contribution is 5.87. The third kappa shape index (κ3) is 5.72. The lowest BCUT2D eigenvalue weighted by Crippen LogP contribution is -2.06. The first-order valence-electron chi connectivity index (χ1n) is 9.25. The van der Waals surface area contributed by atoms with E-state index in [1.165, 1.54) is 6.08 Å². The zero-order chi connectivity index (χ0) is 20.6. The quantitative estimate of drug-likeness (QED) is 0.401. The van der Waals surface area contributed by atoms with Crippen LogP contribution in [-0.2, 0) is 16.1 Å². The molecule has 150 valence electrons. The number of benzene rings is 2. The van der Waals surface area contributed by atoms with Crippen molar-refractivity contribution in [1.29, 1.82) is 0 Å². The topological polar surface area (TPSA) is 70.8 Å². The van der Waals surface area contributed by atoms with Gasteiger partial charge in [0.1, 0.15) is 0 Å². The van der Waals surface area contributed by atoms with E-state index in [-0.39, 0.29) is 12.7 Å². The van der Waals surface area contributed by atoms with Gasteiger partial charge in [0.05, 0.1) is 19.4 Å². The SMILES string of the molecule is COc1cc(/C=C/C(=O)OCc2ncc(-c3ccccc3)o2)ccc1OC(C)C. The van der Waals surface area contributed by atoms with Gasteiger partial charge in [-0.1, -0.05) is 36.4 Å². The van der Waals surface area contributed by atoms with Crippen LogP contribution in [-0.4, -0.2) is 24.2 Å². The molecule has 0 bridgehead atoms. The minimum absolute atomic E-state index is 0.0397. The van der Waals surface area contributed by atoms with Crippen LogP contribution in [0, 0.1) is 0 Å². The van der Waals surface area contributed by atoms with E-state index in [0.717, 1.165) is 11.1 Å². The van der Waals surface area contributed by atoms with Crippen LogP contribution < -0.4 is 9.47 Å². The summed E-state index contributed by atoms with van der Waals surface area (Å²) in [4.78, 5) is 16.1. The summed E-state index contributed by atoms with van der Waals surface area (Å²) in [6, 6.07) is 15.0. The molecule has 0 aliphatic rings. The van der Waals surface area contributed by atoms with E-state index in [9.17, 15) is 4.79 Å². The van der Waals surface area contributed by atoms with E-state index in [0.29, 0.717) is 23.1 Å². The zero-order valence-corrected chi connectivity index (χ0v) is 16.6. The van der Waals surface area contributed by atoms with Gasteiger partial charge in [0.2, 0.25) is 5.89 Å². The van der Waals surface area contributed by atoms with Crippen LogP contribution >= 0.6 is 0 Å². The molecule has 1 heterocycles. The predicted molar refractivity (Wildman–Crippen MR) is 110 cm³/mol. The molecule has 1 aromatic heterocycles.